The van der Waals surface area contributed by atoms with Gasteiger partial charge in [0.25, 0.3) is 0 Å². The number of rotatable bonds is 1. The maximum absolute atomic E-state index is 12.6. The highest BCUT2D eigenvalue weighted by atomic mass is 32.2. The monoisotopic (exact) mass is 157 g/mol. The SMILES string of the molecule is C[S+]([O-])c1cc[c]cc1F. The Labute approximate surface area is 62.1 Å². The second kappa shape index (κ2) is 3.03. The van der Waals surface area contributed by atoms with Crippen molar-refractivity contribution in [3.05, 3.63) is 30.1 Å². The Balaban J connectivity index is 3.03. The molecule has 1 aromatic carbocycles. The van der Waals surface area contributed by atoms with Crippen LogP contribution in [0.2, 0.25) is 0 Å². The van der Waals surface area contributed by atoms with Crippen molar-refractivity contribution >= 4 is 11.2 Å². The third-order valence-electron chi connectivity index (χ3n) is 1.09. The number of benzene rings is 1. The molecule has 53 valence electrons. The van der Waals surface area contributed by atoms with E-state index in [1.807, 2.05) is 0 Å². The molecular weight excluding hydrogens is 151 g/mol. The average Bonchev–Trinajstić information content (AvgIpc) is 1.88. The summed E-state index contributed by atoms with van der Waals surface area (Å²) in [6.45, 7) is 0. The number of hydrogen-bond acceptors (Lipinski definition) is 1. The van der Waals surface area contributed by atoms with Gasteiger partial charge in [-0.05, 0) is 35.4 Å². The summed E-state index contributed by atoms with van der Waals surface area (Å²) in [5.74, 6) is -0.455. The van der Waals surface area contributed by atoms with E-state index < -0.39 is 17.0 Å². The van der Waals surface area contributed by atoms with Crippen molar-refractivity contribution < 1.29 is 8.94 Å². The van der Waals surface area contributed by atoms with Crippen molar-refractivity contribution in [3.63, 3.8) is 0 Å². The van der Waals surface area contributed by atoms with Crippen molar-refractivity contribution in [2.75, 3.05) is 6.26 Å². The van der Waals surface area contributed by atoms with E-state index in [-0.39, 0.29) is 4.90 Å². The molecule has 0 fully saturated rings. The molecule has 0 N–H and O–H groups in total. The van der Waals surface area contributed by atoms with Crippen molar-refractivity contribution in [2.45, 2.75) is 4.90 Å². The first-order valence-electron chi connectivity index (χ1n) is 2.71. The van der Waals surface area contributed by atoms with Crippen molar-refractivity contribution in [1.82, 2.24) is 0 Å². The van der Waals surface area contributed by atoms with Gasteiger partial charge in [0, 0.05) is 0 Å². The molecule has 1 atom stereocenters. The van der Waals surface area contributed by atoms with Gasteiger partial charge in [0.1, 0.15) is 6.26 Å². The molecule has 3 heteroatoms. The molecule has 0 bridgehead atoms. The first kappa shape index (κ1) is 7.57. The van der Waals surface area contributed by atoms with E-state index in [0.29, 0.717) is 0 Å². The summed E-state index contributed by atoms with van der Waals surface area (Å²) < 4.78 is 23.3. The van der Waals surface area contributed by atoms with Gasteiger partial charge in [-0.25, -0.2) is 4.39 Å². The molecular formula is C7H6FOS. The Morgan fingerprint density at radius 1 is 1.70 bits per heavy atom. The van der Waals surface area contributed by atoms with Crippen LogP contribution in [0.5, 0.6) is 0 Å². The first-order chi connectivity index (χ1) is 4.72. The summed E-state index contributed by atoms with van der Waals surface area (Å²) in [5.41, 5.74) is 0. The predicted octanol–water partition coefficient (Wildman–Crippen LogP) is 1.36. The van der Waals surface area contributed by atoms with Gasteiger partial charge in [-0.1, -0.05) is 0 Å². The quantitative estimate of drug-likeness (QED) is 0.564. The molecule has 1 unspecified atom stereocenters. The highest BCUT2D eigenvalue weighted by Gasteiger charge is 2.08. The molecule has 1 rings (SSSR count). The lowest BCUT2D eigenvalue weighted by atomic mass is 10.4. The van der Waals surface area contributed by atoms with Gasteiger partial charge in [0.05, 0.1) is 0 Å². The van der Waals surface area contributed by atoms with Gasteiger partial charge in [-0.2, -0.15) is 0 Å². The van der Waals surface area contributed by atoms with Gasteiger partial charge >= 0.3 is 0 Å². The second-order valence-corrected chi connectivity index (χ2v) is 3.16. The second-order valence-electron chi connectivity index (χ2n) is 1.81. The summed E-state index contributed by atoms with van der Waals surface area (Å²) >= 11 is -1.24. The minimum atomic E-state index is -1.24. The van der Waals surface area contributed by atoms with Crippen LogP contribution in [0, 0.1) is 11.9 Å². The van der Waals surface area contributed by atoms with Gasteiger partial charge in [0.15, 0.2) is 10.7 Å². The van der Waals surface area contributed by atoms with Crippen LogP contribution in [0.25, 0.3) is 0 Å². The molecule has 0 saturated heterocycles. The largest absolute Gasteiger partial charge is 0.612 e. The molecule has 0 aliphatic carbocycles. The van der Waals surface area contributed by atoms with Crippen molar-refractivity contribution in [3.8, 4) is 0 Å². The van der Waals surface area contributed by atoms with Crippen LogP contribution in [-0.4, -0.2) is 10.8 Å². The van der Waals surface area contributed by atoms with E-state index in [0.717, 1.165) is 0 Å². The first-order valence-corrected chi connectivity index (χ1v) is 4.26. The Bertz CT molecular complexity index is 225. The van der Waals surface area contributed by atoms with Crippen LogP contribution in [0.3, 0.4) is 0 Å². The van der Waals surface area contributed by atoms with Gasteiger partial charge in [-0.3, -0.25) is 0 Å². The molecule has 10 heavy (non-hydrogen) atoms. The Kier molecular flexibility index (Phi) is 2.29. The molecule has 0 aromatic heterocycles. The zero-order valence-corrected chi connectivity index (χ0v) is 6.24. The predicted molar refractivity (Wildman–Crippen MR) is 37.6 cm³/mol. The Morgan fingerprint density at radius 3 is 2.80 bits per heavy atom. The third-order valence-corrected chi connectivity index (χ3v) is 2.04. The van der Waals surface area contributed by atoms with Crippen molar-refractivity contribution in [1.29, 1.82) is 0 Å². The molecule has 0 saturated carbocycles. The van der Waals surface area contributed by atoms with Crippen LogP contribution in [-0.2, 0) is 11.2 Å². The minimum Gasteiger partial charge on any atom is -0.612 e. The minimum absolute atomic E-state index is 0.235. The zero-order valence-electron chi connectivity index (χ0n) is 5.43. The van der Waals surface area contributed by atoms with Crippen LogP contribution in [0.15, 0.2) is 23.1 Å². The average molecular weight is 157 g/mol. The van der Waals surface area contributed by atoms with Crippen molar-refractivity contribution in [2.24, 2.45) is 0 Å². The summed E-state index contributed by atoms with van der Waals surface area (Å²) in [6, 6.07) is 6.73. The molecule has 1 aromatic rings. The lowest BCUT2D eigenvalue weighted by Crippen LogP contribution is -1.99. The van der Waals surface area contributed by atoms with Gasteiger partial charge in [-0.15, -0.1) is 0 Å². The normalized spacial score (nSPS) is 13.1. The molecule has 0 aliphatic rings. The fraction of sp³-hybridized carbons (Fsp3) is 0.143. The summed E-state index contributed by atoms with van der Waals surface area (Å²) in [5, 5.41) is 0. The summed E-state index contributed by atoms with van der Waals surface area (Å²) in [6.07, 6.45) is 1.44. The van der Waals surface area contributed by atoms with E-state index >= 15 is 0 Å². The molecule has 0 amide bonds. The zero-order chi connectivity index (χ0) is 7.56. The highest BCUT2D eigenvalue weighted by Crippen LogP contribution is 2.11. The van der Waals surface area contributed by atoms with E-state index in [2.05, 4.69) is 6.07 Å². The maximum Gasteiger partial charge on any atom is 0.188 e. The third kappa shape index (κ3) is 1.49. The lowest BCUT2D eigenvalue weighted by molar-refractivity contribution is 0.570. The number of halogens is 1. The van der Waals surface area contributed by atoms with E-state index in [4.69, 9.17) is 0 Å². The fourth-order valence-electron chi connectivity index (χ4n) is 0.629. The maximum atomic E-state index is 12.6. The van der Waals surface area contributed by atoms with E-state index in [9.17, 15) is 8.94 Å². The Morgan fingerprint density at radius 2 is 2.40 bits per heavy atom. The molecule has 1 radical (unpaired) electrons. The smallest absolute Gasteiger partial charge is 0.188 e. The summed E-state index contributed by atoms with van der Waals surface area (Å²) in [4.78, 5) is 0.235. The lowest BCUT2D eigenvalue weighted by Gasteiger charge is -2.02. The van der Waals surface area contributed by atoms with Crippen LogP contribution < -0.4 is 0 Å². The Hall–Kier alpha value is -0.540. The van der Waals surface area contributed by atoms with E-state index in [1.54, 1.807) is 6.07 Å². The molecule has 1 nitrogen and oxygen atoms in total. The standard InChI is InChI=1S/C7H6FOS/c1-10(9)7-5-3-2-4-6(7)8/h3-5H,1H3. The topological polar surface area (TPSA) is 23.1 Å². The number of hydrogen-bond donors (Lipinski definition) is 0. The van der Waals surface area contributed by atoms with Crippen LogP contribution >= 0.6 is 0 Å². The van der Waals surface area contributed by atoms with Crippen LogP contribution in [0.1, 0.15) is 0 Å². The summed E-state index contributed by atoms with van der Waals surface area (Å²) in [7, 11) is 0. The molecule has 0 spiro atoms. The van der Waals surface area contributed by atoms with E-state index in [1.165, 1.54) is 18.4 Å². The highest BCUT2D eigenvalue weighted by molar-refractivity contribution is 7.90. The van der Waals surface area contributed by atoms with Crippen LogP contribution in [0.4, 0.5) is 4.39 Å². The fourth-order valence-corrected chi connectivity index (χ4v) is 1.22. The molecule has 0 heterocycles. The van der Waals surface area contributed by atoms with Gasteiger partial charge < -0.3 is 4.55 Å². The molecule has 0 aliphatic heterocycles. The van der Waals surface area contributed by atoms with Gasteiger partial charge in [0.2, 0.25) is 0 Å².